The summed E-state index contributed by atoms with van der Waals surface area (Å²) >= 11 is 0. The zero-order valence-corrected chi connectivity index (χ0v) is 72.3. The third-order valence-electron chi connectivity index (χ3n) is 26.8. The van der Waals surface area contributed by atoms with E-state index in [4.69, 9.17) is 23.2 Å². The van der Waals surface area contributed by atoms with Crippen molar-refractivity contribution in [2.75, 3.05) is 0 Å². The highest BCUT2D eigenvalue weighted by Crippen LogP contribution is 2.46. The molecule has 0 amide bonds. The third-order valence-corrected chi connectivity index (χ3v) is 26.8. The van der Waals surface area contributed by atoms with Gasteiger partial charge in [-0.2, -0.15) is 0 Å². The molecule has 8 aromatic heterocycles. The van der Waals surface area contributed by atoms with Crippen molar-refractivity contribution < 1.29 is 41.4 Å². The highest BCUT2D eigenvalue weighted by atomic mass is 16.3. The summed E-state index contributed by atoms with van der Waals surface area (Å²) in [6.07, 6.45) is 15.4. The lowest BCUT2D eigenvalue weighted by molar-refractivity contribution is -0.660. The minimum absolute atomic E-state index is 0.0940. The lowest BCUT2D eigenvalue weighted by Gasteiger charge is -2.21. The van der Waals surface area contributed by atoms with E-state index in [0.29, 0.717) is 5.92 Å². The first-order valence-corrected chi connectivity index (χ1v) is 44.3. The normalized spacial score (nSPS) is 14.2. The minimum atomic E-state index is -1.32. The van der Waals surface area contributed by atoms with Crippen molar-refractivity contribution in [3.8, 4) is 45.0 Å². The van der Waals surface area contributed by atoms with Crippen LogP contribution in [0.1, 0.15) is 122 Å². The molecule has 0 bridgehead atoms. The van der Waals surface area contributed by atoms with Crippen LogP contribution < -0.4 is 18.3 Å². The fourth-order valence-electron chi connectivity index (χ4n) is 20.1. The molecule has 124 heavy (non-hydrogen) atoms. The van der Waals surface area contributed by atoms with Gasteiger partial charge in [0.25, 0.3) is 0 Å². The Kier molecular flexibility index (Phi) is 18.9. The van der Waals surface area contributed by atoms with Crippen molar-refractivity contribution in [2.45, 2.75) is 118 Å². The minimum Gasteiger partial charge on any atom is -0.455 e. The van der Waals surface area contributed by atoms with E-state index in [1.54, 1.807) is 0 Å². The van der Waals surface area contributed by atoms with Gasteiger partial charge in [0.1, 0.15) is 72.9 Å². The zero-order valence-electron chi connectivity index (χ0n) is 76.3. The summed E-state index contributed by atoms with van der Waals surface area (Å²) in [4.78, 5) is 0. The molecular weight excluding hydrogens is 1510 g/mol. The van der Waals surface area contributed by atoms with Crippen molar-refractivity contribution in [2.24, 2.45) is 40.0 Å². The van der Waals surface area contributed by atoms with Crippen molar-refractivity contribution in [1.29, 1.82) is 0 Å². The second-order valence-electron chi connectivity index (χ2n) is 35.2. The summed E-state index contributed by atoms with van der Waals surface area (Å²) in [5.41, 5.74) is 24.1. The average molecular weight is 1620 g/mol. The van der Waals surface area contributed by atoms with E-state index >= 15 is 0 Å². The fourth-order valence-corrected chi connectivity index (χ4v) is 20.1. The zero-order chi connectivity index (χ0) is 87.7. The molecule has 2 saturated carbocycles. The number of furan rings is 4. The maximum Gasteiger partial charge on any atom is 0.224 e. The van der Waals surface area contributed by atoms with E-state index in [1.165, 1.54) is 110 Å². The van der Waals surface area contributed by atoms with Crippen LogP contribution in [0, 0.1) is 39.5 Å². The first-order valence-electron chi connectivity index (χ1n) is 46.3. The number of aromatic nitrogens is 4. The monoisotopic (exact) mass is 1620 g/mol. The van der Waals surface area contributed by atoms with E-state index in [0.717, 1.165) is 184 Å². The van der Waals surface area contributed by atoms with E-state index < -0.39 is 12.7 Å². The summed E-state index contributed by atoms with van der Waals surface area (Å²) in [6.45, 7) is 13.1. The molecule has 2 aliphatic carbocycles. The number of nitrogens with zero attached hydrogens (tertiary/aromatic N) is 4. The molecular formula is C116H104N4O4+4. The predicted octanol–water partition coefficient (Wildman–Crippen LogP) is 29.4. The van der Waals surface area contributed by atoms with Crippen LogP contribution in [-0.4, -0.2) is 0 Å². The Balaban J connectivity index is 0.000000104. The fraction of sp³-hybridized carbons (Fsp3) is 0.207. The highest BCUT2D eigenvalue weighted by Gasteiger charge is 2.29. The molecule has 608 valence electrons. The number of hydrogen-bond donors (Lipinski definition) is 0. The number of hydrogen-bond acceptors (Lipinski definition) is 4. The molecule has 14 aromatic carbocycles. The van der Waals surface area contributed by atoms with Gasteiger partial charge in [0.15, 0.2) is 24.8 Å². The molecule has 8 nitrogen and oxygen atoms in total. The lowest BCUT2D eigenvalue weighted by atomic mass is 9.85. The summed E-state index contributed by atoms with van der Waals surface area (Å²) in [6, 6.07) is 96.3. The van der Waals surface area contributed by atoms with Gasteiger partial charge in [0, 0.05) is 118 Å². The van der Waals surface area contributed by atoms with E-state index in [9.17, 15) is 0 Å². The molecule has 0 unspecified atom stereocenters. The van der Waals surface area contributed by atoms with E-state index in [2.05, 4.69) is 347 Å². The second kappa shape index (κ2) is 32.0. The summed E-state index contributed by atoms with van der Waals surface area (Å²) in [7, 11) is 8.31. The largest absolute Gasteiger partial charge is 0.455 e. The predicted molar refractivity (Wildman–Crippen MR) is 515 cm³/mol. The Labute approximate surface area is 729 Å². The van der Waals surface area contributed by atoms with E-state index in [1.807, 2.05) is 38.6 Å². The van der Waals surface area contributed by atoms with Crippen LogP contribution in [0.4, 0.5) is 0 Å². The average Bonchev–Trinajstić information content (AvgIpc) is 1.56. The van der Waals surface area contributed by atoms with Gasteiger partial charge in [0.2, 0.25) is 22.8 Å². The number of pyridine rings is 4. The SMILES string of the molecule is Cc1ccc2c(oc3c4ccccc4ccc23)c1-c1c2ccc(C(C)C)cc2cc[n+]1C.Cc1ccc2c(oc3c4ccccc4ccc23)c1-c1c2ccccc2cc[n+]1C.[2H]C([2H])(c1cc[n+](C)c(-c2cc3c(cc2C)oc2c4ccccc4ccc32)c1)C1CCCC1.[2H]C([2H])(c1cc[n+](C)c(-c2cc3c(cc2C)oc2c4ccccc4ccc32)c1)C1CCCCC1. The van der Waals surface area contributed by atoms with Crippen LogP contribution in [-0.2, 0) is 40.9 Å². The number of benzene rings is 14. The smallest absolute Gasteiger partial charge is 0.224 e. The summed E-state index contributed by atoms with van der Waals surface area (Å²) in [5.74, 6) is 0.704. The maximum atomic E-state index is 8.98. The summed E-state index contributed by atoms with van der Waals surface area (Å²) in [5, 5.41) is 23.4. The molecule has 8 heteroatoms. The van der Waals surface area contributed by atoms with Gasteiger partial charge >= 0.3 is 0 Å². The Morgan fingerprint density at radius 2 is 0.621 bits per heavy atom. The third kappa shape index (κ3) is 14.0. The number of rotatable bonds is 9. The Hall–Kier alpha value is -13.6. The van der Waals surface area contributed by atoms with Gasteiger partial charge in [-0.3, -0.25) is 0 Å². The molecule has 0 spiro atoms. The van der Waals surface area contributed by atoms with Gasteiger partial charge in [-0.05, 0) is 190 Å². The van der Waals surface area contributed by atoms with Crippen molar-refractivity contribution in [3.05, 3.63) is 337 Å². The standard InChI is InChI=1S/C30H26NO.C30H30NO.C29H28NO.C27H20NO/c1-18(2)21-11-13-23-22(17-21)15-16-31(4)28(23)27-19(3)9-12-26-25-14-10-20-7-5-6-8-24(20)29(25)32-30(26)27;1-20-16-29-27(25-13-12-23-10-6-7-11-24(23)30(25)32-29)19-26(20)28-18-22(14-15-31(28)2)17-21-8-4-3-5-9-21;1-19-15-28-26(24-12-11-22-9-5-6-10-23(22)29(24)31-28)18-25(19)27-17-21(13-14-30(27)2)16-20-7-3-4-8-20;1-17-11-13-23-22-14-12-18-7-4-6-10-21(18)26(22)29-27(23)24(17)25-20-9-5-3-8-19(20)15-16-28(25)2/h5-18H,1-4H3;6-7,10-16,18-19,21H,3-5,8-9,17H2,1-2H3;5-6,9-15,17-18,20H,3-4,7-8,16H2,1-2H3;3-16H,1-2H3/q4*+1/i;17D2;16D2;. The van der Waals surface area contributed by atoms with Crippen molar-refractivity contribution >= 4 is 152 Å². The second-order valence-corrected chi connectivity index (χ2v) is 35.2. The van der Waals surface area contributed by atoms with Crippen molar-refractivity contribution in [3.63, 3.8) is 0 Å². The number of aryl methyl sites for hydroxylation is 8. The van der Waals surface area contributed by atoms with Crippen LogP contribution in [0.3, 0.4) is 0 Å². The van der Waals surface area contributed by atoms with Gasteiger partial charge in [-0.1, -0.05) is 248 Å². The molecule has 0 atom stereocenters. The topological polar surface area (TPSA) is 68.1 Å². The number of fused-ring (bicyclic) bond motifs is 22. The van der Waals surface area contributed by atoms with Crippen molar-refractivity contribution in [1.82, 2.24) is 0 Å². The summed E-state index contributed by atoms with van der Waals surface area (Å²) < 4.78 is 70.4. The molecule has 2 fully saturated rings. The lowest BCUT2D eigenvalue weighted by Crippen LogP contribution is -2.31. The van der Waals surface area contributed by atoms with Gasteiger partial charge in [-0.15, -0.1) is 0 Å². The maximum absolute atomic E-state index is 8.98. The van der Waals surface area contributed by atoms with Crippen LogP contribution in [0.2, 0.25) is 0 Å². The van der Waals surface area contributed by atoms with Gasteiger partial charge in [0.05, 0.1) is 21.9 Å². The van der Waals surface area contributed by atoms with Crippen LogP contribution in [0.15, 0.2) is 315 Å². The molecule has 24 rings (SSSR count). The molecule has 0 N–H and O–H groups in total. The van der Waals surface area contributed by atoms with Crippen LogP contribution >= 0.6 is 0 Å². The van der Waals surface area contributed by atoms with Gasteiger partial charge in [-0.25, -0.2) is 18.3 Å². The molecule has 0 aliphatic heterocycles. The Morgan fingerprint density at radius 3 is 1.04 bits per heavy atom. The first-order chi connectivity index (χ1) is 62.1. The highest BCUT2D eigenvalue weighted by molar-refractivity contribution is 6.21. The Bertz CT molecular complexity index is 8240. The molecule has 22 aromatic rings. The first kappa shape index (κ1) is 73.2. The molecule has 8 heterocycles. The quantitative estimate of drug-likeness (QED) is 0.135. The van der Waals surface area contributed by atoms with Gasteiger partial charge < -0.3 is 17.7 Å². The van der Waals surface area contributed by atoms with Crippen LogP contribution in [0.25, 0.3) is 197 Å². The Morgan fingerprint density at radius 1 is 0.290 bits per heavy atom. The van der Waals surface area contributed by atoms with Crippen LogP contribution in [0.5, 0.6) is 0 Å². The molecule has 0 radical (unpaired) electrons. The molecule has 2 aliphatic rings. The molecule has 0 saturated heterocycles. The van der Waals surface area contributed by atoms with E-state index in [-0.39, 0.29) is 11.8 Å².